The molecular formula is C39H45N13O5. The predicted molar refractivity (Wildman–Crippen MR) is 212 cm³/mol. The number of aromatic carboxylic acids is 1. The number of hydrogen-bond acceptors (Lipinski definition) is 13. The largest absolute Gasteiger partial charge is 0.477 e. The Morgan fingerprint density at radius 3 is 1.60 bits per heavy atom. The van der Waals surface area contributed by atoms with Crippen LogP contribution in [-0.2, 0) is 0 Å². The number of Topliss-reactive ketones (excluding diaryl/α,β-unsaturated/α-hetero) is 1. The fraction of sp³-hybridized carbons (Fsp3) is 0.436. The summed E-state index contributed by atoms with van der Waals surface area (Å²) in [5, 5.41) is 14.7. The highest BCUT2D eigenvalue weighted by molar-refractivity contribution is 6.06. The van der Waals surface area contributed by atoms with E-state index in [2.05, 4.69) is 50.3 Å². The van der Waals surface area contributed by atoms with E-state index < -0.39 is 12.0 Å². The Morgan fingerprint density at radius 2 is 1.18 bits per heavy atom. The minimum atomic E-state index is -1.12. The van der Waals surface area contributed by atoms with Crippen LogP contribution < -0.4 is 36.0 Å². The van der Waals surface area contributed by atoms with Gasteiger partial charge >= 0.3 is 18.0 Å². The number of aromatic nitrogens is 6. The number of carboxylic acid groups (broad SMARTS) is 1. The number of carbonyl (C=O) groups excluding carboxylic acids is 3. The number of nitrogens with zero attached hydrogens (tertiary/aromatic N) is 10. The van der Waals surface area contributed by atoms with Crippen LogP contribution in [-0.4, -0.2) is 103 Å². The minimum absolute atomic E-state index is 0.0358. The number of anilines is 6. The molecule has 4 bridgehead atoms. The molecule has 2 saturated heterocycles. The molecule has 2 atom stereocenters. The van der Waals surface area contributed by atoms with Gasteiger partial charge in [0.2, 0.25) is 0 Å². The number of hydrogen-bond donors (Lipinski definition) is 4. The van der Waals surface area contributed by atoms with Crippen LogP contribution in [0.4, 0.5) is 44.2 Å². The SMILES string of the molecule is NC1CCC1.O=C(CC1CCC1)c1ccc2c(n1)N(C(=O)Nc1cnccn1)[C@H]1CCN2C1.O=C(O)c1ccc2c(n1)N(C(=O)Nc1cnccn1)[C@H]1CCN2C1. The first-order chi connectivity index (χ1) is 27.7. The Kier molecular flexibility index (Phi) is 10.8. The van der Waals surface area contributed by atoms with E-state index in [1.54, 1.807) is 23.2 Å². The molecule has 57 heavy (non-hydrogen) atoms. The van der Waals surface area contributed by atoms with Gasteiger partial charge in [0.15, 0.2) is 34.7 Å². The van der Waals surface area contributed by atoms with E-state index in [1.807, 2.05) is 6.07 Å². The molecule has 10 rings (SSSR count). The zero-order valence-electron chi connectivity index (χ0n) is 31.4. The first-order valence-electron chi connectivity index (χ1n) is 19.5. The van der Waals surface area contributed by atoms with Crippen molar-refractivity contribution in [1.29, 1.82) is 0 Å². The summed E-state index contributed by atoms with van der Waals surface area (Å²) in [5.74, 6) is 1.08. The Labute approximate surface area is 328 Å². The molecule has 0 aromatic carbocycles. The summed E-state index contributed by atoms with van der Waals surface area (Å²) in [6.07, 6.45) is 18.6. The standard InChI is InChI=1S/C20H22N6O2.C15H14N6O3.C4H9N/c27-17(10-13-2-1-3-13)15-4-5-16-19(23-15)26(14-6-9-25(16)12-14)20(28)24-18-11-21-7-8-22-18;22-14(23)10-1-2-11-13(18-10)21(9-3-6-20(11)8-9)15(24)19-12-7-16-4-5-17-12;5-4-2-1-3-4/h4-5,7-8,11,13-14H,1-3,6,9-10,12H2,(H,22,24,28);1-2,4-5,7,9H,3,6,8H2,(H,22,23)(H,17,19,24);4H,1-3,5H2/t14-;9-;/m00./s1. The van der Waals surface area contributed by atoms with Crippen LogP contribution in [0.2, 0.25) is 0 Å². The van der Waals surface area contributed by atoms with Gasteiger partial charge < -0.3 is 20.6 Å². The summed E-state index contributed by atoms with van der Waals surface area (Å²) in [7, 11) is 0. The van der Waals surface area contributed by atoms with Crippen molar-refractivity contribution in [3.8, 4) is 0 Å². The smallest absolute Gasteiger partial charge is 0.354 e. The summed E-state index contributed by atoms with van der Waals surface area (Å²) < 4.78 is 0. The predicted octanol–water partition coefficient (Wildman–Crippen LogP) is 4.57. The molecule has 4 aliphatic heterocycles. The Balaban J connectivity index is 0.000000143. The summed E-state index contributed by atoms with van der Waals surface area (Å²) in [5.41, 5.74) is 7.41. The summed E-state index contributed by atoms with van der Waals surface area (Å²) in [4.78, 5) is 82.1. The van der Waals surface area contributed by atoms with E-state index >= 15 is 0 Å². The zero-order valence-corrected chi connectivity index (χ0v) is 31.4. The molecule has 2 saturated carbocycles. The molecule has 0 unspecified atom stereocenters. The van der Waals surface area contributed by atoms with Crippen LogP contribution in [0, 0.1) is 5.92 Å². The topological polar surface area (TPSA) is 229 Å². The van der Waals surface area contributed by atoms with Gasteiger partial charge in [0.1, 0.15) is 5.69 Å². The van der Waals surface area contributed by atoms with Crippen LogP contribution in [0.15, 0.2) is 61.4 Å². The van der Waals surface area contributed by atoms with Crippen molar-refractivity contribution in [3.63, 3.8) is 0 Å². The lowest BCUT2D eigenvalue weighted by Gasteiger charge is -2.35. The number of ketones is 1. The Hall–Kier alpha value is -6.30. The Bertz CT molecular complexity index is 2120. The molecule has 18 heteroatoms. The molecule has 8 heterocycles. The maximum absolute atomic E-state index is 13.0. The minimum Gasteiger partial charge on any atom is -0.477 e. The maximum atomic E-state index is 13.0. The third-order valence-corrected chi connectivity index (χ3v) is 11.3. The summed E-state index contributed by atoms with van der Waals surface area (Å²) in [6, 6.07) is 6.77. The van der Waals surface area contributed by atoms with Gasteiger partial charge in [-0.05, 0) is 55.9 Å². The molecule has 0 spiro atoms. The molecule has 6 aliphatic rings. The van der Waals surface area contributed by atoms with Crippen molar-refractivity contribution in [2.45, 2.75) is 75.9 Å². The number of pyridine rings is 2. The van der Waals surface area contributed by atoms with Crippen molar-refractivity contribution < 1.29 is 24.3 Å². The van der Waals surface area contributed by atoms with Gasteiger partial charge in [0.25, 0.3) is 0 Å². The van der Waals surface area contributed by atoms with E-state index in [0.29, 0.717) is 53.9 Å². The number of nitrogens with two attached hydrogens (primary N) is 1. The van der Waals surface area contributed by atoms with Crippen LogP contribution in [0.3, 0.4) is 0 Å². The lowest BCUT2D eigenvalue weighted by atomic mass is 9.81. The second-order valence-electron chi connectivity index (χ2n) is 15.1. The maximum Gasteiger partial charge on any atom is 0.354 e. The molecule has 4 amide bonds. The van der Waals surface area contributed by atoms with Crippen molar-refractivity contribution in [2.24, 2.45) is 11.7 Å². The highest BCUT2D eigenvalue weighted by atomic mass is 16.4. The highest BCUT2D eigenvalue weighted by Crippen LogP contribution is 2.41. The van der Waals surface area contributed by atoms with Gasteiger partial charge in [0, 0.05) is 63.4 Å². The lowest BCUT2D eigenvalue weighted by molar-refractivity contribution is 0.0690. The lowest BCUT2D eigenvalue weighted by Crippen LogP contribution is -2.48. The van der Waals surface area contributed by atoms with Crippen molar-refractivity contribution >= 4 is 58.5 Å². The number of amides is 4. The third-order valence-electron chi connectivity index (χ3n) is 11.3. The molecule has 18 nitrogen and oxygen atoms in total. The van der Waals surface area contributed by atoms with Crippen LogP contribution in [0.1, 0.15) is 78.8 Å². The van der Waals surface area contributed by atoms with Crippen LogP contribution >= 0.6 is 0 Å². The highest BCUT2D eigenvalue weighted by Gasteiger charge is 2.42. The van der Waals surface area contributed by atoms with E-state index in [4.69, 9.17) is 5.73 Å². The molecule has 2 aliphatic carbocycles. The van der Waals surface area contributed by atoms with Crippen LogP contribution in [0.25, 0.3) is 0 Å². The number of urea groups is 2. The average Bonchev–Trinajstić information content (AvgIpc) is 3.81. The van der Waals surface area contributed by atoms with E-state index in [1.165, 1.54) is 67.6 Å². The first kappa shape index (κ1) is 37.6. The second kappa shape index (κ2) is 16.4. The number of carboxylic acids is 1. The number of fused-ring (bicyclic) bond motifs is 8. The number of carbonyl (C=O) groups is 4. The van der Waals surface area contributed by atoms with E-state index in [9.17, 15) is 24.3 Å². The normalized spacial score (nSPS) is 20.0. The zero-order chi connectivity index (χ0) is 39.5. The fourth-order valence-electron chi connectivity index (χ4n) is 7.79. The fourth-order valence-corrected chi connectivity index (χ4v) is 7.79. The van der Waals surface area contributed by atoms with Gasteiger partial charge in [-0.3, -0.25) is 35.2 Å². The quantitative estimate of drug-likeness (QED) is 0.197. The molecule has 0 radical (unpaired) electrons. The van der Waals surface area contributed by atoms with Gasteiger partial charge in [-0.25, -0.2) is 34.3 Å². The molecule has 4 aromatic rings. The summed E-state index contributed by atoms with van der Waals surface area (Å²) >= 11 is 0. The van der Waals surface area contributed by atoms with Crippen molar-refractivity contribution in [1.82, 2.24) is 29.9 Å². The number of nitrogens with one attached hydrogen (secondary N) is 2. The van der Waals surface area contributed by atoms with E-state index in [0.717, 1.165) is 56.7 Å². The van der Waals surface area contributed by atoms with Gasteiger partial charge in [0.05, 0.1) is 35.9 Å². The van der Waals surface area contributed by atoms with E-state index in [-0.39, 0.29) is 29.6 Å². The molecule has 4 fully saturated rings. The monoisotopic (exact) mass is 775 g/mol. The van der Waals surface area contributed by atoms with Crippen molar-refractivity contribution in [3.05, 3.63) is 72.8 Å². The first-order valence-corrected chi connectivity index (χ1v) is 19.5. The average molecular weight is 776 g/mol. The molecular weight excluding hydrogens is 731 g/mol. The van der Waals surface area contributed by atoms with Gasteiger partial charge in [-0.15, -0.1) is 0 Å². The summed E-state index contributed by atoms with van der Waals surface area (Å²) in [6.45, 7) is 3.16. The second-order valence-corrected chi connectivity index (χ2v) is 15.1. The Morgan fingerprint density at radius 1 is 0.684 bits per heavy atom. The van der Waals surface area contributed by atoms with Crippen molar-refractivity contribution in [2.75, 3.05) is 56.4 Å². The molecule has 5 N–H and O–H groups in total. The van der Waals surface area contributed by atoms with Gasteiger partial charge in [-0.1, -0.05) is 25.7 Å². The van der Waals surface area contributed by atoms with Crippen LogP contribution in [0.5, 0.6) is 0 Å². The van der Waals surface area contributed by atoms with Gasteiger partial charge in [-0.2, -0.15) is 0 Å². The molecule has 296 valence electrons. The molecule has 4 aromatic heterocycles. The number of rotatable bonds is 6. The third kappa shape index (κ3) is 8.16.